The van der Waals surface area contributed by atoms with Gasteiger partial charge in [0.2, 0.25) is 5.91 Å². The van der Waals surface area contributed by atoms with Crippen LogP contribution < -0.4 is 5.32 Å². The highest BCUT2D eigenvalue weighted by Crippen LogP contribution is 2.33. The fourth-order valence-electron chi connectivity index (χ4n) is 3.62. The summed E-state index contributed by atoms with van der Waals surface area (Å²) in [6, 6.07) is 7.66. The lowest BCUT2D eigenvalue weighted by Gasteiger charge is -2.31. The van der Waals surface area contributed by atoms with Gasteiger partial charge in [0, 0.05) is 5.92 Å². The molecule has 6 nitrogen and oxygen atoms in total. The molecule has 2 aromatic rings. The topological polar surface area (TPSA) is 71.5 Å². The van der Waals surface area contributed by atoms with Gasteiger partial charge < -0.3 is 10.1 Å². The highest BCUT2D eigenvalue weighted by Gasteiger charge is 2.29. The number of fused-ring (bicyclic) bond motifs is 1. The lowest BCUT2D eigenvalue weighted by molar-refractivity contribution is -0.146. The zero-order valence-corrected chi connectivity index (χ0v) is 17.6. The van der Waals surface area contributed by atoms with Crippen molar-refractivity contribution in [2.24, 2.45) is 5.92 Å². The summed E-state index contributed by atoms with van der Waals surface area (Å²) in [4.78, 5) is 31.4. The zero-order chi connectivity index (χ0) is 20.1. The average molecular weight is 404 g/mol. The number of amides is 1. The van der Waals surface area contributed by atoms with Crippen LogP contribution in [0.4, 0.5) is 0 Å². The molecule has 0 saturated carbocycles. The van der Waals surface area contributed by atoms with E-state index in [0.29, 0.717) is 12.5 Å². The van der Waals surface area contributed by atoms with Gasteiger partial charge in [-0.2, -0.15) is 0 Å². The molecule has 2 atom stereocenters. The first-order valence-electron chi connectivity index (χ1n) is 9.96. The molecule has 0 radical (unpaired) electrons. The first-order valence-corrected chi connectivity index (χ1v) is 10.8. The van der Waals surface area contributed by atoms with E-state index in [1.165, 1.54) is 16.8 Å². The summed E-state index contributed by atoms with van der Waals surface area (Å²) in [7, 11) is 1.36. The van der Waals surface area contributed by atoms with Crippen molar-refractivity contribution >= 4 is 33.4 Å². The van der Waals surface area contributed by atoms with Crippen molar-refractivity contribution in [3.05, 3.63) is 29.3 Å². The van der Waals surface area contributed by atoms with Crippen LogP contribution in [0.15, 0.2) is 24.3 Å². The summed E-state index contributed by atoms with van der Waals surface area (Å²) < 4.78 is 6.08. The second-order valence-corrected chi connectivity index (χ2v) is 8.59. The second-order valence-electron chi connectivity index (χ2n) is 7.52. The van der Waals surface area contributed by atoms with Gasteiger partial charge in [0.1, 0.15) is 6.04 Å². The van der Waals surface area contributed by atoms with Gasteiger partial charge in [0.25, 0.3) is 0 Å². The number of aromatic nitrogens is 1. The van der Waals surface area contributed by atoms with Crippen LogP contribution in [0.3, 0.4) is 0 Å². The molecule has 2 heterocycles. The number of carbonyl (C=O) groups excluding carboxylic acids is 2. The number of piperidine rings is 1. The van der Waals surface area contributed by atoms with Gasteiger partial charge in [-0.25, -0.2) is 9.78 Å². The molecular formula is C21H29N3O3S. The molecule has 1 saturated heterocycles. The van der Waals surface area contributed by atoms with Gasteiger partial charge in [-0.15, -0.1) is 11.3 Å². The van der Waals surface area contributed by atoms with Crippen molar-refractivity contribution in [1.29, 1.82) is 0 Å². The van der Waals surface area contributed by atoms with Crippen LogP contribution in [0, 0.1) is 5.92 Å². The summed E-state index contributed by atoms with van der Waals surface area (Å²) in [5.41, 5.74) is 1.07. The summed E-state index contributed by atoms with van der Waals surface area (Å²) in [6.45, 7) is 5.99. The molecule has 1 aromatic carbocycles. The van der Waals surface area contributed by atoms with Crippen LogP contribution in [0.2, 0.25) is 0 Å². The third-order valence-electron chi connectivity index (χ3n) is 5.60. The van der Waals surface area contributed by atoms with Gasteiger partial charge in [-0.1, -0.05) is 32.4 Å². The Labute approximate surface area is 170 Å². The number of ether oxygens (including phenoxy) is 1. The van der Waals surface area contributed by atoms with E-state index in [2.05, 4.69) is 22.3 Å². The lowest BCUT2D eigenvalue weighted by atomic mass is 9.97. The molecule has 1 aliphatic rings. The number of hydrogen-bond donors (Lipinski definition) is 1. The first-order chi connectivity index (χ1) is 13.5. The minimum Gasteiger partial charge on any atom is -0.467 e. The third-order valence-corrected chi connectivity index (χ3v) is 6.80. The number of rotatable bonds is 7. The van der Waals surface area contributed by atoms with Crippen LogP contribution in [0.1, 0.15) is 44.0 Å². The van der Waals surface area contributed by atoms with Crippen LogP contribution in [-0.4, -0.2) is 54.5 Å². The molecule has 0 unspecified atom stereocenters. The largest absolute Gasteiger partial charge is 0.467 e. The molecule has 1 amide bonds. The number of esters is 1. The van der Waals surface area contributed by atoms with E-state index in [0.717, 1.165) is 37.9 Å². The predicted octanol–water partition coefficient (Wildman–Crippen LogP) is 3.18. The first kappa shape index (κ1) is 20.7. The highest BCUT2D eigenvalue weighted by molar-refractivity contribution is 7.18. The third kappa shape index (κ3) is 4.89. The quantitative estimate of drug-likeness (QED) is 0.719. The molecule has 0 spiro atoms. The zero-order valence-electron chi connectivity index (χ0n) is 16.8. The van der Waals surface area contributed by atoms with E-state index in [9.17, 15) is 9.59 Å². The Morgan fingerprint density at radius 1 is 1.32 bits per heavy atom. The molecule has 3 rings (SSSR count). The Hall–Kier alpha value is -1.99. The molecule has 152 valence electrons. The molecule has 0 bridgehead atoms. The van der Waals surface area contributed by atoms with Crippen LogP contribution in [0.25, 0.3) is 10.2 Å². The molecule has 1 fully saturated rings. The Morgan fingerprint density at radius 3 is 2.68 bits per heavy atom. The lowest BCUT2D eigenvalue weighted by Crippen LogP contribution is -2.49. The van der Waals surface area contributed by atoms with Crippen molar-refractivity contribution in [1.82, 2.24) is 15.2 Å². The smallest absolute Gasteiger partial charge is 0.328 e. The van der Waals surface area contributed by atoms with Crippen molar-refractivity contribution in [2.45, 2.75) is 45.1 Å². The van der Waals surface area contributed by atoms with Gasteiger partial charge in [-0.3, -0.25) is 9.69 Å². The van der Waals surface area contributed by atoms with Crippen LogP contribution >= 0.6 is 11.3 Å². The van der Waals surface area contributed by atoms with E-state index < -0.39 is 6.04 Å². The van der Waals surface area contributed by atoms with Crippen molar-refractivity contribution < 1.29 is 14.3 Å². The summed E-state index contributed by atoms with van der Waals surface area (Å²) >= 11 is 1.78. The number of para-hydroxylation sites is 1. The maximum atomic E-state index is 12.5. The summed E-state index contributed by atoms with van der Waals surface area (Å²) in [6.07, 6.45) is 2.80. The van der Waals surface area contributed by atoms with Crippen molar-refractivity contribution in [3.63, 3.8) is 0 Å². The van der Waals surface area contributed by atoms with Gasteiger partial charge >= 0.3 is 5.97 Å². The Morgan fingerprint density at radius 2 is 2.04 bits per heavy atom. The fraction of sp³-hybridized carbons (Fsp3) is 0.571. The maximum absolute atomic E-state index is 12.5. The Balaban J connectivity index is 1.51. The molecule has 1 N–H and O–H groups in total. The number of hydrogen-bond acceptors (Lipinski definition) is 6. The number of carbonyl (C=O) groups is 2. The number of benzene rings is 1. The number of methoxy groups -OCH3 is 1. The number of nitrogens with zero attached hydrogens (tertiary/aromatic N) is 2. The van der Waals surface area contributed by atoms with Gasteiger partial charge in [-0.05, 0) is 44.0 Å². The molecule has 7 heteroatoms. The minimum atomic E-state index is -0.581. The maximum Gasteiger partial charge on any atom is 0.328 e. The minimum absolute atomic E-state index is 0.0428. The normalized spacial score (nSPS) is 18.0. The Bertz CT molecular complexity index is 781. The molecule has 1 aliphatic heterocycles. The standard InChI is InChI=1S/C21H29N3O3S/c1-4-14(2)19(21(26)27-3)23-18(25)13-24-11-9-15(10-12-24)20-22-16-7-5-6-8-17(16)28-20/h5-8,14-15,19H,4,9-13H2,1-3H3,(H,23,25)/t14-,19-/m1/s1. The van der Waals surface area contributed by atoms with Crippen molar-refractivity contribution in [2.75, 3.05) is 26.7 Å². The number of nitrogens with one attached hydrogen (secondary N) is 1. The highest BCUT2D eigenvalue weighted by atomic mass is 32.1. The fourth-order valence-corrected chi connectivity index (χ4v) is 4.76. The van der Waals surface area contributed by atoms with E-state index in [1.54, 1.807) is 11.3 Å². The van der Waals surface area contributed by atoms with E-state index in [4.69, 9.17) is 9.72 Å². The van der Waals surface area contributed by atoms with E-state index in [1.807, 2.05) is 26.0 Å². The number of thiazole rings is 1. The molecule has 0 aliphatic carbocycles. The monoisotopic (exact) mass is 403 g/mol. The molecule has 28 heavy (non-hydrogen) atoms. The van der Waals surface area contributed by atoms with E-state index in [-0.39, 0.29) is 17.8 Å². The van der Waals surface area contributed by atoms with Crippen molar-refractivity contribution in [3.8, 4) is 0 Å². The SMILES string of the molecule is CC[C@@H](C)[C@@H](NC(=O)CN1CCC(c2nc3ccccc3s2)CC1)C(=O)OC. The van der Waals surface area contributed by atoms with Crippen LogP contribution in [0.5, 0.6) is 0 Å². The summed E-state index contributed by atoms with van der Waals surface area (Å²) in [5, 5.41) is 4.06. The predicted molar refractivity (Wildman–Crippen MR) is 111 cm³/mol. The van der Waals surface area contributed by atoms with Gasteiger partial charge in [0.05, 0.1) is 28.9 Å². The van der Waals surface area contributed by atoms with Gasteiger partial charge in [0.15, 0.2) is 0 Å². The summed E-state index contributed by atoms with van der Waals surface area (Å²) in [5.74, 6) is 0.00666. The molecular weight excluding hydrogens is 374 g/mol. The van der Waals surface area contributed by atoms with E-state index >= 15 is 0 Å². The Kier molecular flexibility index (Phi) is 7.02. The van der Waals surface area contributed by atoms with Crippen LogP contribution in [-0.2, 0) is 14.3 Å². The average Bonchev–Trinajstić information content (AvgIpc) is 3.15. The second kappa shape index (κ2) is 9.47. The number of likely N-dealkylation sites (tertiary alicyclic amines) is 1. The molecule has 1 aromatic heterocycles.